The Morgan fingerprint density at radius 3 is 2.20 bits per heavy atom. The largest absolute Gasteiger partial charge is 0.419 e. The molecule has 8 heteroatoms. The first-order valence-corrected chi connectivity index (χ1v) is 9.92. The zero-order valence-electron chi connectivity index (χ0n) is 16.8. The molecule has 0 amide bonds. The second kappa shape index (κ2) is 7.44. The third-order valence-electron chi connectivity index (χ3n) is 5.70. The number of hydrogen-bond acceptors (Lipinski definition) is 6. The minimum Gasteiger partial charge on any atom is -0.419 e. The Morgan fingerprint density at radius 1 is 1.03 bits per heavy atom. The number of ether oxygens (including phenoxy) is 2. The van der Waals surface area contributed by atoms with Gasteiger partial charge in [-0.05, 0) is 56.5 Å². The van der Waals surface area contributed by atoms with E-state index in [4.69, 9.17) is 9.47 Å². The van der Waals surface area contributed by atoms with E-state index in [0.29, 0.717) is 18.4 Å². The highest BCUT2D eigenvalue weighted by Crippen LogP contribution is 2.37. The number of hydrogen-bond donors (Lipinski definition) is 0. The summed E-state index contributed by atoms with van der Waals surface area (Å²) in [6, 6.07) is 8.03. The Hall–Kier alpha value is -3.42. The van der Waals surface area contributed by atoms with Crippen LogP contribution in [0.3, 0.4) is 0 Å². The minimum absolute atomic E-state index is 0.00731. The Bertz CT molecular complexity index is 1040. The fourth-order valence-electron chi connectivity index (χ4n) is 4.17. The zero-order chi connectivity index (χ0) is 21.5. The molecule has 0 radical (unpaired) electrons. The Labute approximate surface area is 173 Å². The molecule has 0 unspecified atom stereocenters. The highest BCUT2D eigenvalue weighted by Gasteiger charge is 2.46. The second-order valence-electron chi connectivity index (χ2n) is 7.74. The summed E-state index contributed by atoms with van der Waals surface area (Å²) in [4.78, 5) is 35.6. The van der Waals surface area contributed by atoms with Crippen LogP contribution in [-0.2, 0) is 19.1 Å². The van der Waals surface area contributed by atoms with Crippen molar-refractivity contribution in [3.63, 3.8) is 0 Å². The first-order chi connectivity index (χ1) is 14.3. The van der Waals surface area contributed by atoms with Gasteiger partial charge in [-0.1, -0.05) is 6.42 Å². The summed E-state index contributed by atoms with van der Waals surface area (Å²) in [6.07, 6.45) is 5.31. The molecule has 1 aromatic heterocycles. The van der Waals surface area contributed by atoms with Gasteiger partial charge in [-0.3, -0.25) is 10.1 Å². The first kappa shape index (κ1) is 19.9. The average molecular weight is 410 g/mol. The molecule has 4 rings (SSSR count). The van der Waals surface area contributed by atoms with Crippen LogP contribution in [0, 0.1) is 24.0 Å². The van der Waals surface area contributed by atoms with E-state index in [2.05, 4.69) is 0 Å². The molecule has 0 bridgehead atoms. The van der Waals surface area contributed by atoms with Crippen LogP contribution < -0.4 is 0 Å². The number of aromatic nitrogens is 1. The fourth-order valence-corrected chi connectivity index (χ4v) is 4.17. The maximum absolute atomic E-state index is 12.6. The Balaban J connectivity index is 1.64. The van der Waals surface area contributed by atoms with Crippen molar-refractivity contribution in [3.8, 4) is 5.69 Å². The summed E-state index contributed by atoms with van der Waals surface area (Å²) in [5, 5.41) is 10.9. The van der Waals surface area contributed by atoms with Gasteiger partial charge >= 0.3 is 11.9 Å². The van der Waals surface area contributed by atoms with E-state index >= 15 is 0 Å². The number of carbonyl (C=O) groups excluding carboxylic acids is 2. The fraction of sp³-hybridized carbons (Fsp3) is 0.364. The molecule has 8 nitrogen and oxygen atoms in total. The van der Waals surface area contributed by atoms with Crippen molar-refractivity contribution < 1.29 is 24.0 Å². The lowest BCUT2D eigenvalue weighted by atomic mass is 9.93. The van der Waals surface area contributed by atoms with Crippen LogP contribution in [0.1, 0.15) is 49.1 Å². The molecule has 30 heavy (non-hydrogen) atoms. The van der Waals surface area contributed by atoms with E-state index in [1.54, 1.807) is 12.1 Å². The van der Waals surface area contributed by atoms with Crippen LogP contribution in [0.2, 0.25) is 0 Å². The summed E-state index contributed by atoms with van der Waals surface area (Å²) in [5.74, 6) is -2.43. The standard InChI is InChI=1S/C22H22N2O6/c1-14-12-16(15(2)23(14)17-6-8-18(9-7-17)24(27)28)13-19-20(25)29-22(30-21(19)26)10-4-3-5-11-22/h6-9,12-13H,3-5,10-11H2,1-2H3. The molecule has 2 aliphatic rings. The van der Waals surface area contributed by atoms with E-state index in [9.17, 15) is 19.7 Å². The van der Waals surface area contributed by atoms with Crippen molar-refractivity contribution in [2.45, 2.75) is 51.7 Å². The van der Waals surface area contributed by atoms with Crippen LogP contribution >= 0.6 is 0 Å². The SMILES string of the molecule is Cc1cc(C=C2C(=O)OC3(CCCCC3)OC2=O)c(C)n1-c1ccc([N+](=O)[O-])cc1. The van der Waals surface area contributed by atoms with Crippen LogP contribution in [-0.4, -0.2) is 27.2 Å². The number of aryl methyl sites for hydroxylation is 1. The molecule has 0 atom stereocenters. The number of non-ortho nitro benzene ring substituents is 1. The number of benzene rings is 1. The van der Waals surface area contributed by atoms with Gasteiger partial charge in [0.1, 0.15) is 5.57 Å². The van der Waals surface area contributed by atoms with Crippen molar-refractivity contribution in [1.29, 1.82) is 0 Å². The van der Waals surface area contributed by atoms with Crippen LogP contribution in [0.4, 0.5) is 5.69 Å². The van der Waals surface area contributed by atoms with Gasteiger partial charge in [0.25, 0.3) is 11.5 Å². The van der Waals surface area contributed by atoms with E-state index in [0.717, 1.165) is 36.3 Å². The number of nitrogens with zero attached hydrogens (tertiary/aromatic N) is 2. The highest BCUT2D eigenvalue weighted by atomic mass is 16.7. The maximum Gasteiger partial charge on any atom is 0.348 e. The van der Waals surface area contributed by atoms with Gasteiger partial charge in [0.05, 0.1) is 4.92 Å². The van der Waals surface area contributed by atoms with Crippen molar-refractivity contribution in [1.82, 2.24) is 4.57 Å². The molecule has 2 heterocycles. The van der Waals surface area contributed by atoms with Gasteiger partial charge in [-0.25, -0.2) is 9.59 Å². The van der Waals surface area contributed by atoms with Gasteiger partial charge in [0.2, 0.25) is 0 Å². The molecular formula is C22H22N2O6. The quantitative estimate of drug-likeness (QED) is 0.248. The number of nitro benzene ring substituents is 1. The number of rotatable bonds is 3. The molecule has 0 N–H and O–H groups in total. The van der Waals surface area contributed by atoms with Crippen LogP contribution in [0.25, 0.3) is 11.8 Å². The van der Waals surface area contributed by atoms with Crippen molar-refractivity contribution in [3.05, 3.63) is 63.0 Å². The van der Waals surface area contributed by atoms with E-state index < -0.39 is 22.6 Å². The monoisotopic (exact) mass is 410 g/mol. The molecule has 2 fully saturated rings. The summed E-state index contributed by atoms with van der Waals surface area (Å²) < 4.78 is 13.0. The van der Waals surface area contributed by atoms with Gasteiger partial charge in [0.15, 0.2) is 0 Å². The molecule has 2 aromatic rings. The molecule has 156 valence electrons. The average Bonchev–Trinajstić information content (AvgIpc) is 2.98. The number of nitro groups is 1. The normalized spacial score (nSPS) is 18.1. The lowest BCUT2D eigenvalue weighted by Crippen LogP contribution is -2.47. The van der Waals surface area contributed by atoms with Gasteiger partial charge in [-0.15, -0.1) is 0 Å². The van der Waals surface area contributed by atoms with E-state index in [1.165, 1.54) is 18.2 Å². The third-order valence-corrected chi connectivity index (χ3v) is 5.70. The summed E-state index contributed by atoms with van der Waals surface area (Å²) >= 11 is 0. The van der Waals surface area contributed by atoms with Crippen molar-refractivity contribution in [2.24, 2.45) is 0 Å². The lowest BCUT2D eigenvalue weighted by molar-refractivity contribution is -0.384. The predicted octanol–water partition coefficient (Wildman–Crippen LogP) is 4.15. The van der Waals surface area contributed by atoms with E-state index in [1.807, 2.05) is 24.5 Å². The van der Waals surface area contributed by atoms with Crippen molar-refractivity contribution in [2.75, 3.05) is 0 Å². The Morgan fingerprint density at radius 2 is 1.63 bits per heavy atom. The topological polar surface area (TPSA) is 101 Å². The maximum atomic E-state index is 12.6. The summed E-state index contributed by atoms with van der Waals surface area (Å²) in [7, 11) is 0. The minimum atomic E-state index is -1.11. The molecule has 1 saturated heterocycles. The predicted molar refractivity (Wildman–Crippen MR) is 108 cm³/mol. The summed E-state index contributed by atoms with van der Waals surface area (Å²) in [6.45, 7) is 3.73. The van der Waals surface area contributed by atoms with Crippen molar-refractivity contribution >= 4 is 23.7 Å². The molecule has 1 aliphatic heterocycles. The first-order valence-electron chi connectivity index (χ1n) is 9.92. The Kier molecular flexibility index (Phi) is 4.93. The number of carbonyl (C=O) groups is 2. The van der Waals surface area contributed by atoms with Gasteiger partial charge in [0, 0.05) is 42.0 Å². The zero-order valence-corrected chi connectivity index (χ0v) is 16.8. The molecule has 1 aliphatic carbocycles. The highest BCUT2D eigenvalue weighted by molar-refractivity contribution is 6.19. The molecule has 1 spiro atoms. The van der Waals surface area contributed by atoms with Gasteiger partial charge < -0.3 is 14.0 Å². The second-order valence-corrected chi connectivity index (χ2v) is 7.74. The smallest absolute Gasteiger partial charge is 0.348 e. The van der Waals surface area contributed by atoms with E-state index in [-0.39, 0.29) is 11.3 Å². The van der Waals surface area contributed by atoms with Gasteiger partial charge in [-0.2, -0.15) is 0 Å². The molecule has 1 saturated carbocycles. The lowest BCUT2D eigenvalue weighted by Gasteiger charge is -2.38. The third kappa shape index (κ3) is 3.49. The molecule has 1 aromatic carbocycles. The molecular weight excluding hydrogens is 388 g/mol. The number of esters is 2. The van der Waals surface area contributed by atoms with Crippen LogP contribution in [0.5, 0.6) is 0 Å². The van der Waals surface area contributed by atoms with Crippen LogP contribution in [0.15, 0.2) is 35.9 Å². The summed E-state index contributed by atoms with van der Waals surface area (Å²) in [5.41, 5.74) is 2.94.